The van der Waals surface area contributed by atoms with Gasteiger partial charge in [-0.1, -0.05) is 0 Å². The van der Waals surface area contributed by atoms with Gasteiger partial charge in [0.05, 0.1) is 6.54 Å². The van der Waals surface area contributed by atoms with Crippen LogP contribution in [0.5, 0.6) is 0 Å². The van der Waals surface area contributed by atoms with E-state index in [4.69, 9.17) is 5.73 Å². The maximum absolute atomic E-state index is 10.7. The number of nitrogens with two attached hydrogens (primary N) is 1. The molecule has 0 aliphatic heterocycles. The van der Waals surface area contributed by atoms with Crippen molar-refractivity contribution in [3.63, 3.8) is 0 Å². The van der Waals surface area contributed by atoms with Crippen LogP contribution in [0.25, 0.3) is 0 Å². The molecular weight excluding hydrogens is 144 g/mol. The highest BCUT2D eigenvalue weighted by molar-refractivity contribution is 5.80. The number of carbonyl (C=O) groups is 1. The van der Waals surface area contributed by atoms with Gasteiger partial charge < -0.3 is 5.73 Å². The van der Waals surface area contributed by atoms with E-state index in [-0.39, 0.29) is 12.3 Å². The normalized spacial score (nSPS) is 9.91. The molecule has 0 saturated carbocycles. The first-order chi connectivity index (χ1) is 5.33. The van der Waals surface area contributed by atoms with Gasteiger partial charge in [0, 0.05) is 13.0 Å². The topological polar surface area (TPSA) is 73.8 Å². The molecule has 0 amide bonds. The van der Waals surface area contributed by atoms with E-state index in [1.165, 1.54) is 6.33 Å². The minimum absolute atomic E-state index is 0.0421. The number of nitrogens with zero attached hydrogens (tertiary/aromatic N) is 3. The third-order valence-electron chi connectivity index (χ3n) is 1.31. The minimum Gasteiger partial charge on any atom is -0.324 e. The predicted molar refractivity (Wildman–Crippen MR) is 38.7 cm³/mol. The van der Waals surface area contributed by atoms with Crippen molar-refractivity contribution in [2.45, 2.75) is 13.0 Å². The molecule has 1 rings (SSSR count). The van der Waals surface area contributed by atoms with Gasteiger partial charge in [-0.05, 0) is 0 Å². The Labute approximate surface area is 64.2 Å². The van der Waals surface area contributed by atoms with Crippen molar-refractivity contribution in [1.29, 1.82) is 0 Å². The summed E-state index contributed by atoms with van der Waals surface area (Å²) >= 11 is 0. The summed E-state index contributed by atoms with van der Waals surface area (Å²) in [6.07, 6.45) is 3.44. The van der Waals surface area contributed by atoms with Crippen LogP contribution in [-0.4, -0.2) is 27.1 Å². The zero-order chi connectivity index (χ0) is 8.10. The van der Waals surface area contributed by atoms with E-state index in [0.717, 1.165) is 0 Å². The molecule has 0 fully saturated rings. The van der Waals surface area contributed by atoms with Gasteiger partial charge in [0.2, 0.25) is 0 Å². The average Bonchev–Trinajstić information content (AvgIpc) is 2.52. The molecular formula is C6H10N4O. The van der Waals surface area contributed by atoms with Crippen molar-refractivity contribution in [1.82, 2.24) is 14.8 Å². The van der Waals surface area contributed by atoms with Gasteiger partial charge in [-0.3, -0.25) is 9.48 Å². The smallest absolute Gasteiger partial charge is 0.148 e. The number of aromatic nitrogens is 3. The molecule has 0 spiro atoms. The average molecular weight is 154 g/mol. The van der Waals surface area contributed by atoms with Gasteiger partial charge in [-0.2, -0.15) is 5.10 Å². The van der Waals surface area contributed by atoms with Crippen molar-refractivity contribution < 1.29 is 4.79 Å². The Morgan fingerprint density at radius 1 is 1.64 bits per heavy atom. The molecule has 1 aromatic heterocycles. The molecule has 2 N–H and O–H groups in total. The Hall–Kier alpha value is -1.23. The largest absolute Gasteiger partial charge is 0.324 e. The highest BCUT2D eigenvalue weighted by atomic mass is 16.1. The first kappa shape index (κ1) is 7.87. The van der Waals surface area contributed by atoms with E-state index >= 15 is 0 Å². The van der Waals surface area contributed by atoms with Crippen LogP contribution in [0.15, 0.2) is 12.7 Å². The fraction of sp³-hybridized carbons (Fsp3) is 0.500. The highest BCUT2D eigenvalue weighted by Crippen LogP contribution is 1.86. The quantitative estimate of drug-likeness (QED) is 0.616. The standard InChI is InChI=1S/C6H10N4O/c7-3-6(11)1-2-10-5-8-4-9-10/h4-5H,1-3,7H2. The van der Waals surface area contributed by atoms with E-state index in [2.05, 4.69) is 10.1 Å². The van der Waals surface area contributed by atoms with Gasteiger partial charge >= 0.3 is 0 Å². The fourth-order valence-corrected chi connectivity index (χ4v) is 0.690. The van der Waals surface area contributed by atoms with E-state index in [1.807, 2.05) is 0 Å². The van der Waals surface area contributed by atoms with Crippen LogP contribution in [0.1, 0.15) is 6.42 Å². The van der Waals surface area contributed by atoms with Gasteiger partial charge in [-0.15, -0.1) is 0 Å². The molecule has 0 aromatic carbocycles. The molecule has 0 aliphatic carbocycles. The highest BCUT2D eigenvalue weighted by Gasteiger charge is 1.98. The number of hydrogen-bond donors (Lipinski definition) is 1. The van der Waals surface area contributed by atoms with Crippen LogP contribution >= 0.6 is 0 Å². The van der Waals surface area contributed by atoms with Gasteiger partial charge in [0.15, 0.2) is 0 Å². The van der Waals surface area contributed by atoms with Crippen molar-refractivity contribution in [3.8, 4) is 0 Å². The SMILES string of the molecule is NCC(=O)CCn1cncn1. The van der Waals surface area contributed by atoms with E-state index < -0.39 is 0 Å². The molecule has 0 saturated heterocycles. The maximum atomic E-state index is 10.7. The molecule has 1 aromatic rings. The lowest BCUT2D eigenvalue weighted by atomic mass is 10.3. The Bertz CT molecular complexity index is 218. The lowest BCUT2D eigenvalue weighted by Crippen LogP contribution is -2.15. The number of hydrogen-bond acceptors (Lipinski definition) is 4. The monoisotopic (exact) mass is 154 g/mol. The maximum Gasteiger partial charge on any atom is 0.148 e. The van der Waals surface area contributed by atoms with Crippen molar-refractivity contribution >= 4 is 5.78 Å². The Balaban J connectivity index is 2.29. The van der Waals surface area contributed by atoms with Crippen LogP contribution < -0.4 is 5.73 Å². The predicted octanol–water partition coefficient (Wildman–Crippen LogP) is -0.804. The summed E-state index contributed by atoms with van der Waals surface area (Å²) in [7, 11) is 0. The molecule has 11 heavy (non-hydrogen) atoms. The summed E-state index contributed by atoms with van der Waals surface area (Å²) in [6.45, 7) is 0.671. The van der Waals surface area contributed by atoms with Crippen LogP contribution in [-0.2, 0) is 11.3 Å². The van der Waals surface area contributed by atoms with Crippen LogP contribution in [0, 0.1) is 0 Å². The van der Waals surface area contributed by atoms with E-state index in [1.54, 1.807) is 11.0 Å². The number of rotatable bonds is 4. The second kappa shape index (κ2) is 3.82. The summed E-state index contributed by atoms with van der Waals surface area (Å²) in [6, 6.07) is 0. The minimum atomic E-state index is 0.0421. The molecule has 0 radical (unpaired) electrons. The summed E-state index contributed by atoms with van der Waals surface area (Å²) < 4.78 is 1.60. The molecule has 5 nitrogen and oxygen atoms in total. The molecule has 60 valence electrons. The molecule has 5 heteroatoms. The Morgan fingerprint density at radius 2 is 2.45 bits per heavy atom. The fourth-order valence-electron chi connectivity index (χ4n) is 0.690. The number of ketones is 1. The molecule has 1 heterocycles. The third kappa shape index (κ3) is 2.46. The number of aryl methyl sites for hydroxylation is 1. The molecule has 0 atom stereocenters. The van der Waals surface area contributed by atoms with Crippen molar-refractivity contribution in [2.75, 3.05) is 6.54 Å². The van der Waals surface area contributed by atoms with Crippen LogP contribution in [0.4, 0.5) is 0 Å². The Kier molecular flexibility index (Phi) is 2.74. The molecule has 0 bridgehead atoms. The summed E-state index contributed by atoms with van der Waals surface area (Å²) in [5, 5.41) is 3.84. The van der Waals surface area contributed by atoms with Crippen molar-refractivity contribution in [3.05, 3.63) is 12.7 Å². The molecule has 0 unspecified atom stereocenters. The van der Waals surface area contributed by atoms with E-state index in [9.17, 15) is 4.79 Å². The molecule has 0 aliphatic rings. The van der Waals surface area contributed by atoms with Gasteiger partial charge in [0.1, 0.15) is 18.4 Å². The van der Waals surface area contributed by atoms with Gasteiger partial charge in [-0.25, -0.2) is 4.98 Å². The number of Topliss-reactive ketones (excluding diaryl/α,β-unsaturated/α-hetero) is 1. The second-order valence-corrected chi connectivity index (χ2v) is 2.15. The lowest BCUT2D eigenvalue weighted by Gasteiger charge is -1.96. The van der Waals surface area contributed by atoms with Crippen LogP contribution in [0.3, 0.4) is 0 Å². The zero-order valence-corrected chi connectivity index (χ0v) is 6.10. The lowest BCUT2D eigenvalue weighted by molar-refractivity contribution is -0.118. The number of carbonyl (C=O) groups excluding carboxylic acids is 1. The summed E-state index contributed by atoms with van der Waals surface area (Å²) in [4.78, 5) is 14.5. The van der Waals surface area contributed by atoms with Crippen LogP contribution in [0.2, 0.25) is 0 Å². The van der Waals surface area contributed by atoms with Gasteiger partial charge in [0.25, 0.3) is 0 Å². The first-order valence-corrected chi connectivity index (χ1v) is 3.37. The van der Waals surface area contributed by atoms with Crippen molar-refractivity contribution in [2.24, 2.45) is 5.73 Å². The summed E-state index contributed by atoms with van der Waals surface area (Å²) in [5.41, 5.74) is 5.12. The zero-order valence-electron chi connectivity index (χ0n) is 6.10. The summed E-state index contributed by atoms with van der Waals surface area (Å²) in [5.74, 6) is 0.0421. The van der Waals surface area contributed by atoms with E-state index in [0.29, 0.717) is 13.0 Å². The Morgan fingerprint density at radius 3 is 3.00 bits per heavy atom. The third-order valence-corrected chi connectivity index (χ3v) is 1.31. The second-order valence-electron chi connectivity index (χ2n) is 2.15. The first-order valence-electron chi connectivity index (χ1n) is 3.37.